The van der Waals surface area contributed by atoms with Crippen molar-refractivity contribution in [1.82, 2.24) is 5.32 Å². The van der Waals surface area contributed by atoms with Crippen molar-refractivity contribution < 1.29 is 24.5 Å². The van der Waals surface area contributed by atoms with Crippen LogP contribution in [0.1, 0.15) is 463 Å². The van der Waals surface area contributed by atoms with E-state index in [0.29, 0.717) is 25.9 Å². The lowest BCUT2D eigenvalue weighted by atomic mass is 10.0. The Bertz CT molecular complexity index is 1230. The van der Waals surface area contributed by atoms with Gasteiger partial charge in [-0.1, -0.05) is 425 Å². The van der Waals surface area contributed by atoms with E-state index in [2.05, 4.69) is 19.2 Å². The molecule has 0 saturated heterocycles. The first kappa shape index (κ1) is 82.9. The molecular weight excluding hydrogens is 1030 g/mol. The van der Waals surface area contributed by atoms with E-state index in [4.69, 9.17) is 4.74 Å². The van der Waals surface area contributed by atoms with E-state index in [1.807, 2.05) is 0 Å². The molecule has 3 N–H and O–H groups in total. The molecule has 0 fully saturated rings. The Morgan fingerprint density at radius 1 is 0.286 bits per heavy atom. The fraction of sp³-hybridized carbons (Fsp3) is 0.974. The number of ether oxygens (including phenoxy) is 1. The summed E-state index contributed by atoms with van der Waals surface area (Å²) < 4.78 is 5.50. The van der Waals surface area contributed by atoms with Crippen LogP contribution in [0.4, 0.5) is 0 Å². The maximum atomic E-state index is 12.5. The van der Waals surface area contributed by atoms with Gasteiger partial charge >= 0.3 is 5.97 Å². The summed E-state index contributed by atoms with van der Waals surface area (Å²) in [4.78, 5) is 24.6. The van der Waals surface area contributed by atoms with Crippen LogP contribution in [0.15, 0.2) is 0 Å². The standard InChI is InChI=1S/C78H155NO5/c1-3-5-7-9-11-13-15-17-18-40-43-47-50-54-58-62-66-70-76(81)75(74-80)79-77(82)71-67-63-59-55-51-48-44-41-38-36-34-32-30-28-26-24-22-20-19-21-23-25-27-29-31-33-35-37-39-42-45-49-53-57-61-65-69-73-84-78(83)72-68-64-60-56-52-46-16-14-12-10-8-6-4-2/h75-76,80-81H,3-74H2,1-2H3,(H,79,82). The fourth-order valence-corrected chi connectivity index (χ4v) is 12.9. The van der Waals surface area contributed by atoms with Gasteiger partial charge in [0.15, 0.2) is 0 Å². The highest BCUT2D eigenvalue weighted by Gasteiger charge is 2.20. The molecule has 0 aromatic carbocycles. The van der Waals surface area contributed by atoms with Crippen LogP contribution >= 0.6 is 0 Å². The third kappa shape index (κ3) is 70.0. The number of carbonyl (C=O) groups is 2. The smallest absolute Gasteiger partial charge is 0.305 e. The molecule has 0 spiro atoms. The number of hydrogen-bond donors (Lipinski definition) is 3. The predicted octanol–water partition coefficient (Wildman–Crippen LogP) is 25.7. The average molecular weight is 1190 g/mol. The van der Waals surface area contributed by atoms with E-state index in [0.717, 1.165) is 38.5 Å². The number of nitrogens with one attached hydrogen (secondary N) is 1. The molecule has 0 aromatic rings. The Morgan fingerprint density at radius 2 is 0.488 bits per heavy atom. The van der Waals surface area contributed by atoms with E-state index >= 15 is 0 Å². The average Bonchev–Trinajstić information content (AvgIpc) is 3.51. The minimum absolute atomic E-state index is 0.0243. The van der Waals surface area contributed by atoms with Gasteiger partial charge in [-0.05, 0) is 25.7 Å². The number of esters is 1. The van der Waals surface area contributed by atoms with Crippen LogP contribution in [-0.2, 0) is 14.3 Å². The number of unbranched alkanes of at least 4 members (excludes halogenated alkanes) is 64. The van der Waals surface area contributed by atoms with Crippen LogP contribution in [0.25, 0.3) is 0 Å². The highest BCUT2D eigenvalue weighted by atomic mass is 16.5. The van der Waals surface area contributed by atoms with Crippen LogP contribution in [0.5, 0.6) is 0 Å². The second-order valence-electron chi connectivity index (χ2n) is 27.4. The molecule has 0 aliphatic rings. The third-order valence-corrected chi connectivity index (χ3v) is 18.9. The number of hydrogen-bond acceptors (Lipinski definition) is 5. The second-order valence-corrected chi connectivity index (χ2v) is 27.4. The topological polar surface area (TPSA) is 95.9 Å². The van der Waals surface area contributed by atoms with Gasteiger partial charge in [-0.25, -0.2) is 0 Å². The molecule has 6 nitrogen and oxygen atoms in total. The van der Waals surface area contributed by atoms with Gasteiger partial charge in [0.2, 0.25) is 5.91 Å². The van der Waals surface area contributed by atoms with Crippen molar-refractivity contribution in [1.29, 1.82) is 0 Å². The van der Waals surface area contributed by atoms with Crippen molar-refractivity contribution in [3.63, 3.8) is 0 Å². The van der Waals surface area contributed by atoms with Crippen molar-refractivity contribution in [2.45, 2.75) is 475 Å². The Labute approximate surface area is 527 Å². The lowest BCUT2D eigenvalue weighted by Crippen LogP contribution is -2.45. The first-order valence-electron chi connectivity index (χ1n) is 39.3. The maximum absolute atomic E-state index is 12.5. The van der Waals surface area contributed by atoms with Gasteiger partial charge < -0.3 is 20.3 Å². The molecule has 0 aliphatic heterocycles. The Morgan fingerprint density at radius 3 is 0.726 bits per heavy atom. The SMILES string of the molecule is CCCCCCCCCCCCCCCCCCCC(O)C(CO)NC(=O)CCCCCCCCCCCCCCCCCCCCCCCCCCCCCCCCCCCCCCCOC(=O)CCCCCCCCCCCCCCC. The van der Waals surface area contributed by atoms with E-state index in [1.54, 1.807) is 0 Å². The Balaban J connectivity index is 3.28. The van der Waals surface area contributed by atoms with Gasteiger partial charge in [-0.3, -0.25) is 9.59 Å². The maximum Gasteiger partial charge on any atom is 0.305 e. The number of aliphatic hydroxyl groups is 2. The normalized spacial score (nSPS) is 12.4. The zero-order chi connectivity index (χ0) is 60.6. The second kappa shape index (κ2) is 74.3. The molecule has 0 rings (SSSR count). The highest BCUT2D eigenvalue weighted by molar-refractivity contribution is 5.76. The zero-order valence-corrected chi connectivity index (χ0v) is 57.7. The zero-order valence-electron chi connectivity index (χ0n) is 57.7. The first-order chi connectivity index (χ1) is 41.5. The molecule has 0 bridgehead atoms. The summed E-state index contributed by atoms with van der Waals surface area (Å²) in [6.07, 6.45) is 92.0. The molecule has 0 aromatic heterocycles. The van der Waals surface area contributed by atoms with Gasteiger partial charge in [0.1, 0.15) is 0 Å². The third-order valence-electron chi connectivity index (χ3n) is 18.9. The number of rotatable bonds is 75. The number of carbonyl (C=O) groups excluding carboxylic acids is 2. The molecule has 2 atom stereocenters. The lowest BCUT2D eigenvalue weighted by Gasteiger charge is -2.22. The highest BCUT2D eigenvalue weighted by Crippen LogP contribution is 2.21. The van der Waals surface area contributed by atoms with Gasteiger partial charge in [0, 0.05) is 12.8 Å². The summed E-state index contributed by atoms with van der Waals surface area (Å²) in [7, 11) is 0. The molecular formula is C78H155NO5. The minimum Gasteiger partial charge on any atom is -0.466 e. The molecule has 6 heteroatoms. The van der Waals surface area contributed by atoms with Crippen LogP contribution in [0.2, 0.25) is 0 Å². The summed E-state index contributed by atoms with van der Waals surface area (Å²) in [5.74, 6) is 0.00193. The first-order valence-corrected chi connectivity index (χ1v) is 39.3. The summed E-state index contributed by atoms with van der Waals surface area (Å²) in [5.41, 5.74) is 0. The Hall–Kier alpha value is -1.14. The lowest BCUT2D eigenvalue weighted by molar-refractivity contribution is -0.143. The predicted molar refractivity (Wildman–Crippen MR) is 371 cm³/mol. The molecule has 2 unspecified atom stereocenters. The molecule has 84 heavy (non-hydrogen) atoms. The summed E-state index contributed by atoms with van der Waals surface area (Å²) in [6.45, 7) is 5.01. The summed E-state index contributed by atoms with van der Waals surface area (Å²) in [5, 5.41) is 23.4. The largest absolute Gasteiger partial charge is 0.466 e. The molecule has 502 valence electrons. The van der Waals surface area contributed by atoms with Crippen LogP contribution in [0.3, 0.4) is 0 Å². The molecule has 0 saturated carbocycles. The molecule has 0 radical (unpaired) electrons. The number of aliphatic hydroxyl groups excluding tert-OH is 2. The van der Waals surface area contributed by atoms with Crippen molar-refractivity contribution in [3.05, 3.63) is 0 Å². The van der Waals surface area contributed by atoms with E-state index < -0.39 is 12.1 Å². The monoisotopic (exact) mass is 1190 g/mol. The minimum atomic E-state index is -0.659. The van der Waals surface area contributed by atoms with Gasteiger partial charge in [0.05, 0.1) is 25.4 Å². The van der Waals surface area contributed by atoms with Gasteiger partial charge in [-0.15, -0.1) is 0 Å². The summed E-state index contributed by atoms with van der Waals surface area (Å²) >= 11 is 0. The van der Waals surface area contributed by atoms with Gasteiger partial charge in [0.25, 0.3) is 0 Å². The van der Waals surface area contributed by atoms with E-state index in [-0.39, 0.29) is 18.5 Å². The number of amides is 1. The van der Waals surface area contributed by atoms with Crippen LogP contribution in [0, 0.1) is 0 Å². The molecule has 1 amide bonds. The molecule has 0 aliphatic carbocycles. The van der Waals surface area contributed by atoms with E-state index in [1.165, 1.54) is 392 Å². The van der Waals surface area contributed by atoms with E-state index in [9.17, 15) is 19.8 Å². The quantitative estimate of drug-likeness (QED) is 0.0417. The van der Waals surface area contributed by atoms with Crippen molar-refractivity contribution in [3.8, 4) is 0 Å². The summed E-state index contributed by atoms with van der Waals surface area (Å²) in [6, 6.07) is -0.536. The van der Waals surface area contributed by atoms with Crippen molar-refractivity contribution in [2.75, 3.05) is 13.2 Å². The van der Waals surface area contributed by atoms with Crippen LogP contribution < -0.4 is 5.32 Å². The van der Waals surface area contributed by atoms with Gasteiger partial charge in [-0.2, -0.15) is 0 Å². The molecule has 0 heterocycles. The van der Waals surface area contributed by atoms with Crippen molar-refractivity contribution in [2.24, 2.45) is 0 Å². The van der Waals surface area contributed by atoms with Crippen molar-refractivity contribution >= 4 is 11.9 Å². The fourth-order valence-electron chi connectivity index (χ4n) is 12.9. The van der Waals surface area contributed by atoms with Crippen LogP contribution in [-0.4, -0.2) is 47.4 Å². The Kier molecular flexibility index (Phi) is 73.3.